The summed E-state index contributed by atoms with van der Waals surface area (Å²) in [7, 11) is 1.82. The Hall–Kier alpha value is -1.55. The van der Waals surface area contributed by atoms with Gasteiger partial charge in [-0.05, 0) is 37.5 Å². The molecule has 2 rings (SSSR count). The number of amides is 1. The zero-order valence-corrected chi connectivity index (χ0v) is 10.8. The molecule has 1 atom stereocenters. The first-order chi connectivity index (χ1) is 8.58. The molecule has 4 nitrogen and oxygen atoms in total. The van der Waals surface area contributed by atoms with Crippen LogP contribution in [0.3, 0.4) is 0 Å². The SMILES string of the molecule is CC(O)c1ccc(OCC(=O)N(C)C2CC2)cc1. The maximum absolute atomic E-state index is 11.7. The lowest BCUT2D eigenvalue weighted by Crippen LogP contribution is -2.33. The summed E-state index contributed by atoms with van der Waals surface area (Å²) in [5.41, 5.74) is 0.837. The van der Waals surface area contributed by atoms with E-state index < -0.39 is 6.10 Å². The smallest absolute Gasteiger partial charge is 0.260 e. The predicted octanol–water partition coefficient (Wildman–Crippen LogP) is 1.74. The molecule has 1 saturated carbocycles. The molecule has 98 valence electrons. The highest BCUT2D eigenvalue weighted by atomic mass is 16.5. The minimum atomic E-state index is -0.485. The Labute approximate surface area is 107 Å². The van der Waals surface area contributed by atoms with Crippen LogP contribution in [0.4, 0.5) is 0 Å². The van der Waals surface area contributed by atoms with Gasteiger partial charge in [-0.15, -0.1) is 0 Å². The molecule has 1 aliphatic carbocycles. The van der Waals surface area contributed by atoms with Crippen molar-refractivity contribution in [2.75, 3.05) is 13.7 Å². The normalized spacial score (nSPS) is 16.2. The van der Waals surface area contributed by atoms with Gasteiger partial charge in [0.2, 0.25) is 0 Å². The number of hydrogen-bond donors (Lipinski definition) is 1. The third-order valence-electron chi connectivity index (χ3n) is 3.21. The molecule has 0 aliphatic heterocycles. The fourth-order valence-electron chi connectivity index (χ4n) is 1.75. The first kappa shape index (κ1) is 12.9. The van der Waals surface area contributed by atoms with Gasteiger partial charge in [0.1, 0.15) is 5.75 Å². The second-order valence-electron chi connectivity index (χ2n) is 4.77. The molecule has 1 aromatic rings. The standard InChI is InChI=1S/C14H19NO3/c1-10(16)11-3-7-13(8-4-11)18-9-14(17)15(2)12-5-6-12/h3-4,7-8,10,12,16H,5-6,9H2,1-2H3. The Morgan fingerprint density at radius 3 is 2.56 bits per heavy atom. The minimum absolute atomic E-state index is 0.0112. The van der Waals surface area contributed by atoms with Crippen LogP contribution >= 0.6 is 0 Å². The van der Waals surface area contributed by atoms with Crippen LogP contribution in [0.1, 0.15) is 31.4 Å². The zero-order chi connectivity index (χ0) is 13.1. The number of ether oxygens (including phenoxy) is 1. The van der Waals surface area contributed by atoms with Crippen molar-refractivity contribution in [2.24, 2.45) is 0 Å². The summed E-state index contributed by atoms with van der Waals surface area (Å²) in [6.45, 7) is 1.78. The van der Waals surface area contributed by atoms with E-state index in [1.54, 1.807) is 36.1 Å². The lowest BCUT2D eigenvalue weighted by Gasteiger charge is -2.16. The van der Waals surface area contributed by atoms with Crippen molar-refractivity contribution in [3.05, 3.63) is 29.8 Å². The fraction of sp³-hybridized carbons (Fsp3) is 0.500. The third-order valence-corrected chi connectivity index (χ3v) is 3.21. The monoisotopic (exact) mass is 249 g/mol. The van der Waals surface area contributed by atoms with Gasteiger partial charge in [0, 0.05) is 13.1 Å². The lowest BCUT2D eigenvalue weighted by molar-refractivity contribution is -0.132. The van der Waals surface area contributed by atoms with E-state index in [0.717, 1.165) is 18.4 Å². The zero-order valence-electron chi connectivity index (χ0n) is 10.8. The number of hydrogen-bond acceptors (Lipinski definition) is 3. The van der Waals surface area contributed by atoms with E-state index >= 15 is 0 Å². The second-order valence-corrected chi connectivity index (χ2v) is 4.77. The summed E-state index contributed by atoms with van der Waals surface area (Å²) in [5.74, 6) is 0.661. The van der Waals surface area contributed by atoms with Gasteiger partial charge in [0.05, 0.1) is 6.10 Å². The van der Waals surface area contributed by atoms with Gasteiger partial charge in [-0.3, -0.25) is 4.79 Å². The molecule has 0 radical (unpaired) electrons. The number of carbonyl (C=O) groups excluding carboxylic acids is 1. The van der Waals surface area contributed by atoms with E-state index in [9.17, 15) is 9.90 Å². The van der Waals surface area contributed by atoms with Crippen molar-refractivity contribution in [2.45, 2.75) is 31.9 Å². The molecule has 18 heavy (non-hydrogen) atoms. The van der Waals surface area contributed by atoms with Crippen molar-refractivity contribution in [3.63, 3.8) is 0 Å². The molecular weight excluding hydrogens is 230 g/mol. The third kappa shape index (κ3) is 3.23. The summed E-state index contributed by atoms with van der Waals surface area (Å²) < 4.78 is 5.43. The number of nitrogens with zero attached hydrogens (tertiary/aromatic N) is 1. The van der Waals surface area contributed by atoms with Crippen LogP contribution < -0.4 is 4.74 Å². The van der Waals surface area contributed by atoms with Crippen LogP contribution in [0.25, 0.3) is 0 Å². The topological polar surface area (TPSA) is 49.8 Å². The molecular formula is C14H19NO3. The van der Waals surface area contributed by atoms with E-state index in [1.807, 2.05) is 7.05 Å². The molecule has 1 amide bonds. The molecule has 0 bridgehead atoms. The summed E-state index contributed by atoms with van der Waals surface area (Å²) in [6.07, 6.45) is 1.72. The number of aliphatic hydroxyl groups is 1. The predicted molar refractivity (Wildman–Crippen MR) is 68.4 cm³/mol. The molecule has 0 spiro atoms. The highest BCUT2D eigenvalue weighted by Crippen LogP contribution is 2.25. The maximum atomic E-state index is 11.7. The molecule has 1 fully saturated rings. The van der Waals surface area contributed by atoms with E-state index in [4.69, 9.17) is 4.74 Å². The molecule has 1 aromatic carbocycles. The summed E-state index contributed by atoms with van der Waals surface area (Å²) in [4.78, 5) is 13.5. The Morgan fingerprint density at radius 2 is 2.06 bits per heavy atom. The first-order valence-electron chi connectivity index (χ1n) is 6.24. The highest BCUT2D eigenvalue weighted by Gasteiger charge is 2.29. The number of benzene rings is 1. The Kier molecular flexibility index (Phi) is 3.87. The van der Waals surface area contributed by atoms with E-state index in [1.165, 1.54) is 0 Å². The highest BCUT2D eigenvalue weighted by molar-refractivity contribution is 5.78. The molecule has 1 aliphatic rings. The average Bonchev–Trinajstić information content (AvgIpc) is 3.19. The Balaban J connectivity index is 1.84. The van der Waals surface area contributed by atoms with Crippen molar-refractivity contribution in [1.29, 1.82) is 0 Å². The van der Waals surface area contributed by atoms with Gasteiger partial charge in [-0.1, -0.05) is 12.1 Å². The molecule has 1 unspecified atom stereocenters. The molecule has 0 aromatic heterocycles. The number of aliphatic hydroxyl groups excluding tert-OH is 1. The van der Waals surface area contributed by atoms with Gasteiger partial charge < -0.3 is 14.7 Å². The quantitative estimate of drug-likeness (QED) is 0.864. The van der Waals surface area contributed by atoms with E-state index in [0.29, 0.717) is 11.8 Å². The van der Waals surface area contributed by atoms with Crippen LogP contribution in [0.15, 0.2) is 24.3 Å². The van der Waals surface area contributed by atoms with Crippen molar-refractivity contribution >= 4 is 5.91 Å². The average molecular weight is 249 g/mol. The van der Waals surface area contributed by atoms with Gasteiger partial charge in [-0.2, -0.15) is 0 Å². The second kappa shape index (κ2) is 5.40. The van der Waals surface area contributed by atoms with E-state index in [-0.39, 0.29) is 12.5 Å². The van der Waals surface area contributed by atoms with Crippen LogP contribution in [-0.2, 0) is 4.79 Å². The van der Waals surface area contributed by atoms with Crippen LogP contribution in [-0.4, -0.2) is 35.6 Å². The molecule has 0 saturated heterocycles. The Morgan fingerprint density at radius 1 is 1.44 bits per heavy atom. The van der Waals surface area contributed by atoms with Crippen molar-refractivity contribution in [3.8, 4) is 5.75 Å². The Bertz CT molecular complexity index is 410. The van der Waals surface area contributed by atoms with E-state index in [2.05, 4.69) is 0 Å². The maximum Gasteiger partial charge on any atom is 0.260 e. The van der Waals surface area contributed by atoms with Gasteiger partial charge in [0.15, 0.2) is 6.61 Å². The number of rotatable bonds is 5. The van der Waals surface area contributed by atoms with Gasteiger partial charge in [0.25, 0.3) is 5.91 Å². The summed E-state index contributed by atoms with van der Waals surface area (Å²) >= 11 is 0. The largest absolute Gasteiger partial charge is 0.484 e. The first-order valence-corrected chi connectivity index (χ1v) is 6.24. The van der Waals surface area contributed by atoms with Gasteiger partial charge >= 0.3 is 0 Å². The van der Waals surface area contributed by atoms with Crippen molar-refractivity contribution in [1.82, 2.24) is 4.90 Å². The molecule has 0 heterocycles. The molecule has 1 N–H and O–H groups in total. The summed E-state index contributed by atoms with van der Waals surface area (Å²) in [5, 5.41) is 9.37. The number of likely N-dealkylation sites (N-methyl/N-ethyl adjacent to an activating group) is 1. The van der Waals surface area contributed by atoms with Crippen molar-refractivity contribution < 1.29 is 14.6 Å². The van der Waals surface area contributed by atoms with Crippen LogP contribution in [0.2, 0.25) is 0 Å². The fourth-order valence-corrected chi connectivity index (χ4v) is 1.75. The van der Waals surface area contributed by atoms with Crippen LogP contribution in [0, 0.1) is 0 Å². The summed E-state index contributed by atoms with van der Waals surface area (Å²) in [6, 6.07) is 7.56. The van der Waals surface area contributed by atoms with Gasteiger partial charge in [-0.25, -0.2) is 0 Å². The minimum Gasteiger partial charge on any atom is -0.484 e. The molecule has 4 heteroatoms. The number of carbonyl (C=O) groups is 1. The van der Waals surface area contributed by atoms with Crippen LogP contribution in [0.5, 0.6) is 5.75 Å². The lowest BCUT2D eigenvalue weighted by atomic mass is 10.1.